The first-order valence-electron chi connectivity index (χ1n) is 5.03. The second kappa shape index (κ2) is 4.18. The highest BCUT2D eigenvalue weighted by atomic mass is 19.4. The molecule has 0 aliphatic carbocycles. The fourth-order valence-electron chi connectivity index (χ4n) is 1.56. The summed E-state index contributed by atoms with van der Waals surface area (Å²) in [7, 11) is 1.50. The molecule has 0 spiro atoms. The smallest absolute Gasteiger partial charge is 0.333 e. The fourth-order valence-corrected chi connectivity index (χ4v) is 1.56. The Morgan fingerprint density at radius 1 is 1.22 bits per heavy atom. The van der Waals surface area contributed by atoms with Gasteiger partial charge < -0.3 is 4.57 Å². The van der Waals surface area contributed by atoms with Crippen LogP contribution in [0, 0.1) is 11.3 Å². The molecule has 0 atom stereocenters. The molecule has 3 nitrogen and oxygen atoms in total. The third kappa shape index (κ3) is 2.20. The first kappa shape index (κ1) is 12.2. The number of hydrogen-bond donors (Lipinski definition) is 0. The summed E-state index contributed by atoms with van der Waals surface area (Å²) in [6.45, 7) is 0. The highest BCUT2D eigenvalue weighted by Gasteiger charge is 2.34. The van der Waals surface area contributed by atoms with Crippen molar-refractivity contribution in [1.29, 1.82) is 5.26 Å². The summed E-state index contributed by atoms with van der Waals surface area (Å²) < 4.78 is 38.8. The predicted octanol–water partition coefficient (Wildman–Crippen LogP) is 2.98. The van der Waals surface area contributed by atoms with Gasteiger partial charge in [0.15, 0.2) is 5.69 Å². The summed E-state index contributed by atoms with van der Waals surface area (Å²) in [6, 6.07) is 8.16. The van der Waals surface area contributed by atoms with Gasteiger partial charge in [-0.05, 0) is 24.3 Å². The lowest BCUT2D eigenvalue weighted by atomic mass is 10.1. The first-order chi connectivity index (χ1) is 8.41. The van der Waals surface area contributed by atoms with E-state index in [4.69, 9.17) is 5.26 Å². The molecule has 0 N–H and O–H groups in total. The molecule has 0 radical (unpaired) electrons. The van der Waals surface area contributed by atoms with E-state index in [1.54, 1.807) is 12.1 Å². The van der Waals surface area contributed by atoms with Gasteiger partial charge in [0.25, 0.3) is 0 Å². The van der Waals surface area contributed by atoms with Gasteiger partial charge in [0, 0.05) is 18.8 Å². The molecule has 0 saturated carbocycles. The number of aryl methyl sites for hydroxylation is 1. The maximum atomic E-state index is 12.5. The van der Waals surface area contributed by atoms with E-state index in [-0.39, 0.29) is 5.82 Å². The van der Waals surface area contributed by atoms with Crippen molar-refractivity contribution in [3.63, 3.8) is 0 Å². The normalized spacial score (nSPS) is 11.3. The molecule has 0 aliphatic heterocycles. The summed E-state index contributed by atoms with van der Waals surface area (Å²) in [5, 5.41) is 8.64. The zero-order chi connectivity index (χ0) is 13.3. The van der Waals surface area contributed by atoms with E-state index >= 15 is 0 Å². The minimum atomic E-state index is -4.46. The van der Waals surface area contributed by atoms with E-state index in [1.165, 1.54) is 23.7 Å². The van der Waals surface area contributed by atoms with Crippen LogP contribution in [-0.2, 0) is 13.2 Å². The molecule has 2 aromatic rings. The number of aromatic nitrogens is 2. The zero-order valence-electron chi connectivity index (χ0n) is 9.36. The van der Waals surface area contributed by atoms with Gasteiger partial charge in [-0.15, -0.1) is 0 Å². The minimum Gasteiger partial charge on any atom is -0.333 e. The molecule has 1 aromatic heterocycles. The molecule has 0 saturated heterocycles. The van der Waals surface area contributed by atoms with Crippen molar-refractivity contribution in [2.24, 2.45) is 7.05 Å². The first-order valence-corrected chi connectivity index (χ1v) is 5.03. The monoisotopic (exact) mass is 251 g/mol. The third-order valence-electron chi connectivity index (χ3n) is 2.44. The number of nitriles is 1. The lowest BCUT2D eigenvalue weighted by Crippen LogP contribution is -2.04. The largest absolute Gasteiger partial charge is 0.434 e. The molecule has 2 rings (SSSR count). The molecule has 0 bridgehead atoms. The standard InChI is InChI=1S/C12H8F3N3/c1-18-7-10(12(13,14)15)17-11(18)9-4-2-8(6-16)3-5-9/h2-5,7H,1H3. The van der Waals surface area contributed by atoms with Crippen LogP contribution in [0.4, 0.5) is 13.2 Å². The SMILES string of the molecule is Cn1cc(C(F)(F)F)nc1-c1ccc(C#N)cc1. The van der Waals surface area contributed by atoms with E-state index in [9.17, 15) is 13.2 Å². The molecule has 0 aliphatic rings. The van der Waals surface area contributed by atoms with Crippen molar-refractivity contribution in [2.75, 3.05) is 0 Å². The maximum Gasteiger partial charge on any atom is 0.434 e. The van der Waals surface area contributed by atoms with E-state index < -0.39 is 11.9 Å². The van der Waals surface area contributed by atoms with Crippen molar-refractivity contribution >= 4 is 0 Å². The van der Waals surface area contributed by atoms with Crippen LogP contribution in [0.3, 0.4) is 0 Å². The second-order valence-corrected chi connectivity index (χ2v) is 3.75. The molecule has 1 heterocycles. The van der Waals surface area contributed by atoms with Gasteiger partial charge in [-0.1, -0.05) is 0 Å². The number of nitrogens with zero attached hydrogens (tertiary/aromatic N) is 3. The molecular formula is C12H8F3N3. The Morgan fingerprint density at radius 3 is 2.28 bits per heavy atom. The molecule has 1 aromatic carbocycles. The Morgan fingerprint density at radius 2 is 1.83 bits per heavy atom. The number of hydrogen-bond acceptors (Lipinski definition) is 2. The third-order valence-corrected chi connectivity index (χ3v) is 2.44. The highest BCUT2D eigenvalue weighted by Crippen LogP contribution is 2.30. The second-order valence-electron chi connectivity index (χ2n) is 3.75. The van der Waals surface area contributed by atoms with Gasteiger partial charge in [-0.2, -0.15) is 18.4 Å². The summed E-state index contributed by atoms with van der Waals surface area (Å²) in [4.78, 5) is 3.56. The van der Waals surface area contributed by atoms with Gasteiger partial charge in [0.2, 0.25) is 0 Å². The van der Waals surface area contributed by atoms with Crippen LogP contribution in [0.25, 0.3) is 11.4 Å². The highest BCUT2D eigenvalue weighted by molar-refractivity contribution is 5.57. The maximum absolute atomic E-state index is 12.5. The van der Waals surface area contributed by atoms with Gasteiger partial charge >= 0.3 is 6.18 Å². The number of alkyl halides is 3. The fraction of sp³-hybridized carbons (Fsp3) is 0.167. The van der Waals surface area contributed by atoms with Crippen LogP contribution >= 0.6 is 0 Å². The van der Waals surface area contributed by atoms with Crippen LogP contribution in [0.2, 0.25) is 0 Å². The van der Waals surface area contributed by atoms with Crippen LogP contribution in [0.5, 0.6) is 0 Å². The molecule has 0 amide bonds. The summed E-state index contributed by atoms with van der Waals surface area (Å²) in [5.74, 6) is 0.215. The minimum absolute atomic E-state index is 0.215. The van der Waals surface area contributed by atoms with E-state index in [1.807, 2.05) is 6.07 Å². The Kier molecular flexibility index (Phi) is 2.83. The average molecular weight is 251 g/mol. The zero-order valence-corrected chi connectivity index (χ0v) is 9.36. The Labute approximate surface area is 101 Å². The number of halogens is 3. The Balaban J connectivity index is 2.45. The number of imidazole rings is 1. The van der Waals surface area contributed by atoms with Gasteiger partial charge in [0.05, 0.1) is 11.6 Å². The van der Waals surface area contributed by atoms with E-state index in [0.717, 1.165) is 6.20 Å². The lowest BCUT2D eigenvalue weighted by Gasteiger charge is -2.01. The van der Waals surface area contributed by atoms with Crippen molar-refractivity contribution < 1.29 is 13.2 Å². The van der Waals surface area contributed by atoms with E-state index in [0.29, 0.717) is 11.1 Å². The van der Waals surface area contributed by atoms with Crippen LogP contribution < -0.4 is 0 Å². The van der Waals surface area contributed by atoms with Crippen molar-refractivity contribution in [3.8, 4) is 17.5 Å². The summed E-state index contributed by atoms with van der Waals surface area (Å²) in [6.07, 6.45) is -3.52. The molecule has 18 heavy (non-hydrogen) atoms. The number of benzene rings is 1. The molecule has 0 fully saturated rings. The van der Waals surface area contributed by atoms with Crippen molar-refractivity contribution in [1.82, 2.24) is 9.55 Å². The molecular weight excluding hydrogens is 243 g/mol. The molecule has 92 valence electrons. The quantitative estimate of drug-likeness (QED) is 0.781. The van der Waals surface area contributed by atoms with Crippen LogP contribution in [0.15, 0.2) is 30.5 Å². The molecule has 0 unspecified atom stereocenters. The molecule has 6 heteroatoms. The summed E-state index contributed by atoms with van der Waals surface area (Å²) >= 11 is 0. The van der Waals surface area contributed by atoms with E-state index in [2.05, 4.69) is 4.98 Å². The Hall–Kier alpha value is -2.29. The predicted molar refractivity (Wildman–Crippen MR) is 58.4 cm³/mol. The Bertz CT molecular complexity index is 603. The van der Waals surface area contributed by atoms with Gasteiger partial charge in [0.1, 0.15) is 5.82 Å². The van der Waals surface area contributed by atoms with Crippen LogP contribution in [0.1, 0.15) is 11.3 Å². The van der Waals surface area contributed by atoms with Gasteiger partial charge in [-0.3, -0.25) is 0 Å². The lowest BCUT2D eigenvalue weighted by molar-refractivity contribution is -0.140. The average Bonchev–Trinajstić information content (AvgIpc) is 2.71. The van der Waals surface area contributed by atoms with Gasteiger partial charge in [-0.25, -0.2) is 4.98 Å². The van der Waals surface area contributed by atoms with Crippen molar-refractivity contribution in [3.05, 3.63) is 41.7 Å². The number of rotatable bonds is 1. The topological polar surface area (TPSA) is 41.6 Å². The van der Waals surface area contributed by atoms with Crippen LogP contribution in [-0.4, -0.2) is 9.55 Å². The summed E-state index contributed by atoms with van der Waals surface area (Å²) in [5.41, 5.74) is 0.0559. The van der Waals surface area contributed by atoms with Crippen molar-refractivity contribution in [2.45, 2.75) is 6.18 Å².